The van der Waals surface area contributed by atoms with Crippen molar-refractivity contribution < 1.29 is 5.11 Å². The standard InChI is InChI=1S/C16H27NOS/c1-4-8-17-16(12-19-10-5-9-18)15-7-6-13(2)14(3)11-15/h6-7,11,16-18H,4-5,8-10,12H2,1-3H3. The number of hydrogen-bond donors (Lipinski definition) is 2. The number of hydrogen-bond acceptors (Lipinski definition) is 3. The van der Waals surface area contributed by atoms with Crippen molar-refractivity contribution in [2.75, 3.05) is 24.7 Å². The van der Waals surface area contributed by atoms with E-state index in [-0.39, 0.29) is 0 Å². The van der Waals surface area contributed by atoms with Gasteiger partial charge >= 0.3 is 0 Å². The van der Waals surface area contributed by atoms with E-state index >= 15 is 0 Å². The van der Waals surface area contributed by atoms with Crippen molar-refractivity contribution in [2.24, 2.45) is 0 Å². The molecule has 2 N–H and O–H groups in total. The lowest BCUT2D eigenvalue weighted by atomic mass is 10.0. The fraction of sp³-hybridized carbons (Fsp3) is 0.625. The third-order valence-electron chi connectivity index (χ3n) is 3.31. The lowest BCUT2D eigenvalue weighted by Crippen LogP contribution is -2.24. The summed E-state index contributed by atoms with van der Waals surface area (Å²) in [6, 6.07) is 7.17. The molecule has 3 heteroatoms. The van der Waals surface area contributed by atoms with Crippen LogP contribution in [0.15, 0.2) is 18.2 Å². The minimum Gasteiger partial charge on any atom is -0.396 e. The van der Waals surface area contributed by atoms with Gasteiger partial charge in [-0.05, 0) is 55.7 Å². The molecule has 1 aromatic rings. The Balaban J connectivity index is 2.63. The summed E-state index contributed by atoms with van der Waals surface area (Å²) in [6.07, 6.45) is 2.04. The van der Waals surface area contributed by atoms with E-state index in [1.165, 1.54) is 16.7 Å². The summed E-state index contributed by atoms with van der Waals surface area (Å²) in [4.78, 5) is 0. The first-order valence-electron chi connectivity index (χ1n) is 7.18. The van der Waals surface area contributed by atoms with Crippen LogP contribution < -0.4 is 5.32 Å². The van der Waals surface area contributed by atoms with Crippen molar-refractivity contribution in [3.8, 4) is 0 Å². The molecule has 19 heavy (non-hydrogen) atoms. The molecule has 0 saturated carbocycles. The number of rotatable bonds is 9. The highest BCUT2D eigenvalue weighted by Gasteiger charge is 2.11. The van der Waals surface area contributed by atoms with E-state index in [4.69, 9.17) is 5.11 Å². The minimum absolute atomic E-state index is 0.295. The summed E-state index contributed by atoms with van der Waals surface area (Å²) in [5, 5.41) is 12.5. The SMILES string of the molecule is CCCNC(CSCCCO)c1ccc(C)c(C)c1. The predicted molar refractivity (Wildman–Crippen MR) is 86.0 cm³/mol. The second-order valence-electron chi connectivity index (χ2n) is 5.00. The van der Waals surface area contributed by atoms with Crippen LogP contribution in [-0.2, 0) is 0 Å². The van der Waals surface area contributed by atoms with E-state index in [9.17, 15) is 0 Å². The molecule has 0 aromatic heterocycles. The Kier molecular flexibility index (Phi) is 8.19. The second kappa shape index (κ2) is 9.40. The summed E-state index contributed by atoms with van der Waals surface area (Å²) in [6.45, 7) is 7.88. The third kappa shape index (κ3) is 5.98. The van der Waals surface area contributed by atoms with Crippen LogP contribution in [0.4, 0.5) is 0 Å². The van der Waals surface area contributed by atoms with Crippen LogP contribution in [-0.4, -0.2) is 29.8 Å². The quantitative estimate of drug-likeness (QED) is 0.680. The maximum atomic E-state index is 8.83. The molecule has 0 aliphatic rings. The van der Waals surface area contributed by atoms with Crippen molar-refractivity contribution in [3.63, 3.8) is 0 Å². The van der Waals surface area contributed by atoms with Crippen molar-refractivity contribution >= 4 is 11.8 Å². The van der Waals surface area contributed by atoms with Gasteiger partial charge in [0.05, 0.1) is 0 Å². The summed E-state index contributed by atoms with van der Waals surface area (Å²) in [7, 11) is 0. The Morgan fingerprint density at radius 1 is 1.26 bits per heavy atom. The van der Waals surface area contributed by atoms with Crippen molar-refractivity contribution in [3.05, 3.63) is 34.9 Å². The zero-order valence-electron chi connectivity index (χ0n) is 12.4. The molecular weight excluding hydrogens is 254 g/mol. The second-order valence-corrected chi connectivity index (χ2v) is 6.15. The minimum atomic E-state index is 0.295. The molecule has 1 rings (SSSR count). The zero-order valence-corrected chi connectivity index (χ0v) is 13.2. The molecule has 1 unspecified atom stereocenters. The lowest BCUT2D eigenvalue weighted by molar-refractivity contribution is 0.296. The van der Waals surface area contributed by atoms with Gasteiger partial charge in [-0.3, -0.25) is 0 Å². The van der Waals surface area contributed by atoms with Crippen LogP contribution in [0.25, 0.3) is 0 Å². The van der Waals surface area contributed by atoms with Gasteiger partial charge in [-0.2, -0.15) is 11.8 Å². The molecule has 0 bridgehead atoms. The average molecular weight is 281 g/mol. The number of nitrogens with one attached hydrogen (secondary N) is 1. The number of aliphatic hydroxyl groups excluding tert-OH is 1. The smallest absolute Gasteiger partial charge is 0.0438 e. The maximum absolute atomic E-state index is 8.83. The number of aliphatic hydroxyl groups is 1. The molecule has 2 nitrogen and oxygen atoms in total. The molecule has 108 valence electrons. The molecule has 1 aromatic carbocycles. The largest absolute Gasteiger partial charge is 0.396 e. The molecular formula is C16H27NOS. The van der Waals surface area contributed by atoms with Gasteiger partial charge in [-0.25, -0.2) is 0 Å². The van der Waals surface area contributed by atoms with Crippen LogP contribution in [0.3, 0.4) is 0 Å². The molecule has 0 aliphatic carbocycles. The highest BCUT2D eigenvalue weighted by atomic mass is 32.2. The van der Waals surface area contributed by atoms with Gasteiger partial charge in [0.15, 0.2) is 0 Å². The van der Waals surface area contributed by atoms with E-state index in [2.05, 4.69) is 44.3 Å². The monoisotopic (exact) mass is 281 g/mol. The van der Waals surface area contributed by atoms with Crippen LogP contribution in [0.1, 0.15) is 42.5 Å². The lowest BCUT2D eigenvalue weighted by Gasteiger charge is -2.19. The third-order valence-corrected chi connectivity index (χ3v) is 4.45. The number of benzene rings is 1. The first-order chi connectivity index (χ1) is 9.19. The van der Waals surface area contributed by atoms with Gasteiger partial charge in [0, 0.05) is 18.4 Å². The molecule has 0 saturated heterocycles. The Labute approximate surface area is 122 Å². The summed E-state index contributed by atoms with van der Waals surface area (Å²) < 4.78 is 0. The highest BCUT2D eigenvalue weighted by Crippen LogP contribution is 2.21. The molecule has 0 fully saturated rings. The van der Waals surface area contributed by atoms with E-state index < -0.39 is 0 Å². The van der Waals surface area contributed by atoms with Gasteiger partial charge in [-0.1, -0.05) is 25.1 Å². The van der Waals surface area contributed by atoms with E-state index in [0.29, 0.717) is 12.6 Å². The number of aryl methyl sites for hydroxylation is 2. The van der Waals surface area contributed by atoms with E-state index in [0.717, 1.165) is 30.9 Å². The van der Waals surface area contributed by atoms with Gasteiger partial charge in [0.2, 0.25) is 0 Å². The molecule has 0 amide bonds. The molecule has 1 atom stereocenters. The summed E-state index contributed by atoms with van der Waals surface area (Å²) in [5.41, 5.74) is 4.10. The van der Waals surface area contributed by atoms with Crippen molar-refractivity contribution in [1.82, 2.24) is 5.32 Å². The zero-order chi connectivity index (χ0) is 14.1. The molecule has 0 spiro atoms. The summed E-state index contributed by atoms with van der Waals surface area (Å²) >= 11 is 1.92. The van der Waals surface area contributed by atoms with Gasteiger partial charge in [0.25, 0.3) is 0 Å². The topological polar surface area (TPSA) is 32.3 Å². The molecule has 0 aliphatic heterocycles. The van der Waals surface area contributed by atoms with Crippen LogP contribution in [0.2, 0.25) is 0 Å². The normalized spacial score (nSPS) is 12.6. The Hall–Kier alpha value is -0.510. The van der Waals surface area contributed by atoms with Gasteiger partial charge in [-0.15, -0.1) is 0 Å². The Morgan fingerprint density at radius 2 is 2.05 bits per heavy atom. The van der Waals surface area contributed by atoms with Crippen LogP contribution in [0, 0.1) is 13.8 Å². The van der Waals surface area contributed by atoms with Crippen molar-refractivity contribution in [1.29, 1.82) is 0 Å². The highest BCUT2D eigenvalue weighted by molar-refractivity contribution is 7.99. The Morgan fingerprint density at radius 3 is 2.68 bits per heavy atom. The molecule has 0 heterocycles. The first-order valence-corrected chi connectivity index (χ1v) is 8.33. The fourth-order valence-corrected chi connectivity index (χ4v) is 2.99. The van der Waals surface area contributed by atoms with Crippen LogP contribution in [0.5, 0.6) is 0 Å². The molecule has 0 radical (unpaired) electrons. The first kappa shape index (κ1) is 16.5. The van der Waals surface area contributed by atoms with Gasteiger partial charge in [0.1, 0.15) is 0 Å². The van der Waals surface area contributed by atoms with Crippen molar-refractivity contribution in [2.45, 2.75) is 39.7 Å². The fourth-order valence-electron chi connectivity index (χ4n) is 1.94. The average Bonchev–Trinajstić information content (AvgIpc) is 2.41. The Bertz CT molecular complexity index is 368. The van der Waals surface area contributed by atoms with E-state index in [1.54, 1.807) is 0 Å². The van der Waals surface area contributed by atoms with Gasteiger partial charge < -0.3 is 10.4 Å². The predicted octanol–water partition coefficient (Wildman–Crippen LogP) is 3.46. The van der Waals surface area contributed by atoms with E-state index in [1.807, 2.05) is 11.8 Å². The summed E-state index contributed by atoms with van der Waals surface area (Å²) in [5.74, 6) is 2.11. The maximum Gasteiger partial charge on any atom is 0.0438 e. The number of thioether (sulfide) groups is 1. The van der Waals surface area contributed by atoms with Crippen LogP contribution >= 0.6 is 11.8 Å².